The minimum absolute atomic E-state index is 0.00569. The third-order valence-corrected chi connectivity index (χ3v) is 9.58. The number of aromatic nitrogens is 3. The van der Waals surface area contributed by atoms with Gasteiger partial charge in [0.1, 0.15) is 5.82 Å². The first-order valence-electron chi connectivity index (χ1n) is 13.5. The molecule has 6 nitrogen and oxygen atoms in total. The van der Waals surface area contributed by atoms with E-state index in [1.165, 1.54) is 12.1 Å². The molecule has 3 heterocycles. The summed E-state index contributed by atoms with van der Waals surface area (Å²) in [6, 6.07) is 8.13. The molecule has 1 aromatic heterocycles. The maximum atomic E-state index is 14.7. The average Bonchev–Trinajstić information content (AvgIpc) is 3.15. The molecule has 0 amide bonds. The molecule has 2 aliphatic carbocycles. The fraction of sp³-hybridized carbons (Fsp3) is 0.500. The molecule has 2 aromatic carbocycles. The topological polar surface area (TPSA) is 57.4 Å². The van der Waals surface area contributed by atoms with Crippen LogP contribution < -0.4 is 4.90 Å². The Kier molecular flexibility index (Phi) is 6.02. The molecule has 4 aliphatic rings. The number of hydrogen-bond donors (Lipinski definition) is 1. The van der Waals surface area contributed by atoms with Gasteiger partial charge in [-0.25, -0.2) is 4.39 Å². The number of fused-ring (bicyclic) bond motifs is 3. The van der Waals surface area contributed by atoms with Gasteiger partial charge >= 0.3 is 12.4 Å². The predicted molar refractivity (Wildman–Crippen MR) is 138 cm³/mol. The Hall–Kier alpha value is -2.90. The minimum Gasteiger partial charge on any atom is -0.380 e. The first-order chi connectivity index (χ1) is 19.7. The summed E-state index contributed by atoms with van der Waals surface area (Å²) in [5.74, 6) is -0.00628. The number of anilines is 1. The van der Waals surface area contributed by atoms with Gasteiger partial charge in [-0.2, -0.15) is 26.3 Å². The SMILES string of the molecule is OC1(C(F)(F)F)CC(N2Cc3cc(Cl)ccc3-n3c(nnc3C3CC4(C3)CN(c3cccc(C(F)(F)F)c3F)C4)C2)C1. The van der Waals surface area contributed by atoms with E-state index in [0.29, 0.717) is 49.1 Å². The second kappa shape index (κ2) is 9.06. The van der Waals surface area contributed by atoms with E-state index >= 15 is 0 Å². The molecule has 0 bridgehead atoms. The van der Waals surface area contributed by atoms with Gasteiger partial charge in [-0.1, -0.05) is 17.7 Å². The molecule has 3 aromatic rings. The van der Waals surface area contributed by atoms with Crippen molar-refractivity contribution in [2.75, 3.05) is 18.0 Å². The number of halogens is 8. The van der Waals surface area contributed by atoms with Crippen LogP contribution in [0.2, 0.25) is 5.02 Å². The fourth-order valence-corrected chi connectivity index (χ4v) is 7.32. The lowest BCUT2D eigenvalue weighted by atomic mass is 9.57. The van der Waals surface area contributed by atoms with Gasteiger partial charge in [-0.3, -0.25) is 9.47 Å². The molecule has 1 spiro atoms. The molecule has 224 valence electrons. The molecule has 1 N–H and O–H groups in total. The van der Waals surface area contributed by atoms with Crippen molar-refractivity contribution in [3.8, 4) is 5.69 Å². The highest BCUT2D eigenvalue weighted by atomic mass is 35.5. The van der Waals surface area contributed by atoms with Crippen LogP contribution in [-0.4, -0.2) is 55.7 Å². The van der Waals surface area contributed by atoms with Gasteiger partial charge in [0.25, 0.3) is 0 Å². The summed E-state index contributed by atoms with van der Waals surface area (Å²) >= 11 is 6.28. The zero-order valence-electron chi connectivity index (χ0n) is 22.0. The lowest BCUT2D eigenvalue weighted by molar-refractivity contribution is -0.300. The number of rotatable bonds is 3. The Morgan fingerprint density at radius 1 is 0.905 bits per heavy atom. The molecule has 42 heavy (non-hydrogen) atoms. The van der Waals surface area contributed by atoms with Crippen molar-refractivity contribution in [1.82, 2.24) is 19.7 Å². The highest BCUT2D eigenvalue weighted by Gasteiger charge is 2.62. The largest absolute Gasteiger partial charge is 0.419 e. The van der Waals surface area contributed by atoms with Crippen molar-refractivity contribution in [3.05, 3.63) is 70.0 Å². The first kappa shape index (κ1) is 27.9. The number of aliphatic hydroxyl groups is 1. The minimum atomic E-state index is -4.77. The van der Waals surface area contributed by atoms with Crippen LogP contribution in [0.4, 0.5) is 36.4 Å². The zero-order valence-corrected chi connectivity index (χ0v) is 22.7. The predicted octanol–water partition coefficient (Wildman–Crippen LogP) is 6.23. The van der Waals surface area contributed by atoms with Crippen LogP contribution in [0.25, 0.3) is 5.69 Å². The third-order valence-electron chi connectivity index (χ3n) is 9.35. The van der Waals surface area contributed by atoms with Crippen LogP contribution in [0.15, 0.2) is 36.4 Å². The highest BCUT2D eigenvalue weighted by molar-refractivity contribution is 6.30. The van der Waals surface area contributed by atoms with E-state index in [1.54, 1.807) is 17.0 Å². The van der Waals surface area contributed by atoms with E-state index in [1.807, 2.05) is 15.5 Å². The normalized spacial score (nSPS) is 25.7. The Bertz CT molecular complexity index is 1550. The summed E-state index contributed by atoms with van der Waals surface area (Å²) in [6.07, 6.45) is -8.95. The maximum absolute atomic E-state index is 14.7. The standard InChI is InChI=1S/C28H25ClF7N5O/c29-17-4-5-20-15(6-17)11-39(18-9-26(42,10-18)28(34,35)36)12-22-37-38-24(41(20)22)16-7-25(8-16)13-40(14-25)21-3-1-2-19(23(21)30)27(31,32)33/h1-6,16,18,42H,7-14H2. The molecule has 3 fully saturated rings. The van der Waals surface area contributed by atoms with E-state index < -0.39 is 48.2 Å². The van der Waals surface area contributed by atoms with Gasteiger partial charge in [0, 0.05) is 54.9 Å². The summed E-state index contributed by atoms with van der Waals surface area (Å²) < 4.78 is 96.0. The second-order valence-corrected chi connectivity index (χ2v) is 12.6. The Balaban J connectivity index is 1.10. The van der Waals surface area contributed by atoms with Gasteiger partial charge in [-0.05, 0) is 48.7 Å². The van der Waals surface area contributed by atoms with Crippen LogP contribution in [0.1, 0.15) is 54.4 Å². The highest BCUT2D eigenvalue weighted by Crippen LogP contribution is 2.57. The van der Waals surface area contributed by atoms with E-state index in [9.17, 15) is 35.8 Å². The number of benzene rings is 2. The van der Waals surface area contributed by atoms with Crippen LogP contribution in [0.5, 0.6) is 0 Å². The van der Waals surface area contributed by atoms with Crippen LogP contribution >= 0.6 is 11.6 Å². The lowest BCUT2D eigenvalue weighted by Crippen LogP contribution is -2.62. The van der Waals surface area contributed by atoms with E-state index in [-0.39, 0.29) is 23.6 Å². The summed E-state index contributed by atoms with van der Waals surface area (Å²) in [4.78, 5) is 3.49. The average molecular weight is 616 g/mol. The summed E-state index contributed by atoms with van der Waals surface area (Å²) in [5.41, 5.74) is -2.64. The van der Waals surface area contributed by atoms with Gasteiger partial charge in [0.15, 0.2) is 17.2 Å². The lowest BCUT2D eigenvalue weighted by Gasteiger charge is -2.59. The third kappa shape index (κ3) is 4.29. The second-order valence-electron chi connectivity index (χ2n) is 12.2. The maximum Gasteiger partial charge on any atom is 0.419 e. The molecule has 0 unspecified atom stereocenters. The van der Waals surface area contributed by atoms with Crippen LogP contribution in [0.3, 0.4) is 0 Å². The van der Waals surface area contributed by atoms with Crippen LogP contribution in [0, 0.1) is 11.2 Å². The molecule has 0 radical (unpaired) electrons. The summed E-state index contributed by atoms with van der Waals surface area (Å²) in [5, 5.41) is 19.4. The number of hydrogen-bond acceptors (Lipinski definition) is 5. The van der Waals surface area contributed by atoms with Crippen LogP contribution in [-0.2, 0) is 19.3 Å². The smallest absolute Gasteiger partial charge is 0.380 e. The van der Waals surface area contributed by atoms with Crippen molar-refractivity contribution >= 4 is 17.3 Å². The Morgan fingerprint density at radius 3 is 2.29 bits per heavy atom. The molecule has 14 heteroatoms. The van der Waals surface area contributed by atoms with Crippen molar-refractivity contribution in [2.45, 2.75) is 68.7 Å². The molecule has 2 aliphatic heterocycles. The Labute approximate surface area is 240 Å². The molecular formula is C28H25ClF7N5O. The fourth-order valence-electron chi connectivity index (χ4n) is 7.13. The monoisotopic (exact) mass is 615 g/mol. The molecular weight excluding hydrogens is 591 g/mol. The van der Waals surface area contributed by atoms with Crippen molar-refractivity contribution < 1.29 is 35.8 Å². The van der Waals surface area contributed by atoms with E-state index in [0.717, 1.165) is 17.3 Å². The van der Waals surface area contributed by atoms with E-state index in [2.05, 4.69) is 10.2 Å². The quantitative estimate of drug-likeness (QED) is 0.354. The van der Waals surface area contributed by atoms with Gasteiger partial charge < -0.3 is 10.0 Å². The molecule has 2 saturated carbocycles. The molecule has 1 saturated heterocycles. The van der Waals surface area contributed by atoms with Gasteiger partial charge in [0.2, 0.25) is 0 Å². The summed E-state index contributed by atoms with van der Waals surface area (Å²) in [6.45, 7) is 1.40. The number of nitrogens with zero attached hydrogens (tertiary/aromatic N) is 5. The van der Waals surface area contributed by atoms with E-state index in [4.69, 9.17) is 11.6 Å². The molecule has 7 rings (SSSR count). The number of alkyl halides is 6. The first-order valence-corrected chi connectivity index (χ1v) is 13.9. The molecule has 0 atom stereocenters. The van der Waals surface area contributed by atoms with Crippen molar-refractivity contribution in [3.63, 3.8) is 0 Å². The van der Waals surface area contributed by atoms with Gasteiger partial charge in [-0.15, -0.1) is 10.2 Å². The van der Waals surface area contributed by atoms with Crippen molar-refractivity contribution in [2.24, 2.45) is 5.41 Å². The van der Waals surface area contributed by atoms with Gasteiger partial charge in [0.05, 0.1) is 23.5 Å². The summed E-state index contributed by atoms with van der Waals surface area (Å²) in [7, 11) is 0. The Morgan fingerprint density at radius 2 is 1.62 bits per heavy atom. The zero-order chi connectivity index (χ0) is 29.8. The van der Waals surface area contributed by atoms with Crippen molar-refractivity contribution in [1.29, 1.82) is 0 Å².